The molecule has 0 aromatic heterocycles. The van der Waals surface area contributed by atoms with Gasteiger partial charge in [-0.15, -0.1) is 0 Å². The average molecular weight is 431 g/mol. The van der Waals surface area contributed by atoms with Gasteiger partial charge in [-0.3, -0.25) is 4.79 Å². The molecule has 5 heteroatoms. The Bertz CT molecular complexity index is 1060. The van der Waals surface area contributed by atoms with E-state index in [0.29, 0.717) is 30.2 Å². The second-order valence-electron chi connectivity index (χ2n) is 8.17. The van der Waals surface area contributed by atoms with Crippen LogP contribution in [0.4, 0.5) is 0 Å². The van der Waals surface area contributed by atoms with Crippen molar-refractivity contribution in [3.8, 4) is 11.5 Å². The summed E-state index contributed by atoms with van der Waals surface area (Å²) in [6.07, 6.45) is 3.36. The first-order valence-corrected chi connectivity index (χ1v) is 11.1. The van der Waals surface area contributed by atoms with Crippen molar-refractivity contribution in [1.29, 1.82) is 0 Å². The average Bonchev–Trinajstić information content (AvgIpc) is 3.22. The van der Waals surface area contributed by atoms with E-state index >= 15 is 0 Å². The minimum Gasteiger partial charge on any atom is -0.493 e. The fourth-order valence-electron chi connectivity index (χ4n) is 4.25. The molecule has 0 atom stereocenters. The van der Waals surface area contributed by atoms with E-state index in [1.54, 1.807) is 25.3 Å². The van der Waals surface area contributed by atoms with Crippen molar-refractivity contribution in [2.24, 2.45) is 5.73 Å². The van der Waals surface area contributed by atoms with Crippen LogP contribution in [0.15, 0.2) is 66.7 Å². The van der Waals surface area contributed by atoms with Gasteiger partial charge in [-0.25, -0.2) is 0 Å². The van der Waals surface area contributed by atoms with Crippen LogP contribution in [0.25, 0.3) is 0 Å². The molecule has 0 spiro atoms. The number of hydrogen-bond acceptors (Lipinski definition) is 4. The summed E-state index contributed by atoms with van der Waals surface area (Å²) >= 11 is 0. The molecule has 0 unspecified atom stereocenters. The van der Waals surface area contributed by atoms with Crippen LogP contribution < -0.4 is 20.5 Å². The number of carbonyl (C=O) groups is 1. The molecule has 1 aliphatic rings. The van der Waals surface area contributed by atoms with Crippen LogP contribution in [0.3, 0.4) is 0 Å². The van der Waals surface area contributed by atoms with Crippen molar-refractivity contribution in [2.75, 3.05) is 20.3 Å². The second kappa shape index (κ2) is 10.3. The minimum atomic E-state index is -0.0928. The lowest BCUT2D eigenvalue weighted by molar-refractivity contribution is 0.0938. The third-order valence-electron chi connectivity index (χ3n) is 5.88. The number of ether oxygens (including phenoxy) is 2. The monoisotopic (exact) mass is 430 g/mol. The third kappa shape index (κ3) is 5.29. The van der Waals surface area contributed by atoms with Gasteiger partial charge in [0.1, 0.15) is 0 Å². The highest BCUT2D eigenvalue weighted by molar-refractivity contribution is 5.95. The molecular weight excluding hydrogens is 400 g/mol. The lowest BCUT2D eigenvalue weighted by atomic mass is 10.1. The number of hydrogen-bond donors (Lipinski definition) is 2. The van der Waals surface area contributed by atoms with Crippen LogP contribution in [0.5, 0.6) is 11.5 Å². The van der Waals surface area contributed by atoms with Gasteiger partial charge in [0.25, 0.3) is 5.91 Å². The standard InChI is InChI=1S/C27H30N2O3/c1-31-25-10-9-23(27(30)29-24-16-21-7-2-3-8-22(21)17-24)18-26(25)32-14-12-20-6-4-5-19(15-20)11-13-28/h2-10,15,18,24H,11-14,16-17,28H2,1H3,(H,29,30). The molecular formula is C27H30N2O3. The Kier molecular flexibility index (Phi) is 7.07. The van der Waals surface area contributed by atoms with E-state index in [4.69, 9.17) is 15.2 Å². The molecule has 3 aromatic rings. The van der Waals surface area contributed by atoms with Crippen molar-refractivity contribution in [2.45, 2.75) is 31.7 Å². The zero-order valence-corrected chi connectivity index (χ0v) is 18.5. The third-order valence-corrected chi connectivity index (χ3v) is 5.88. The Morgan fingerprint density at radius 2 is 1.66 bits per heavy atom. The maximum Gasteiger partial charge on any atom is 0.251 e. The molecule has 1 aliphatic carbocycles. The maximum absolute atomic E-state index is 12.9. The number of carbonyl (C=O) groups excluding carboxylic acids is 1. The van der Waals surface area contributed by atoms with Crippen LogP contribution in [0.2, 0.25) is 0 Å². The number of amides is 1. The fraction of sp³-hybridized carbons (Fsp3) is 0.296. The molecule has 0 fully saturated rings. The molecule has 166 valence electrons. The molecule has 32 heavy (non-hydrogen) atoms. The zero-order chi connectivity index (χ0) is 22.3. The van der Waals surface area contributed by atoms with Gasteiger partial charge in [-0.2, -0.15) is 0 Å². The van der Waals surface area contributed by atoms with Gasteiger partial charge in [0, 0.05) is 18.0 Å². The smallest absolute Gasteiger partial charge is 0.251 e. The number of fused-ring (bicyclic) bond motifs is 1. The van der Waals surface area contributed by atoms with Crippen molar-refractivity contribution in [3.05, 3.63) is 94.5 Å². The molecule has 3 aromatic carbocycles. The van der Waals surface area contributed by atoms with Crippen LogP contribution in [-0.2, 0) is 25.7 Å². The Hall–Kier alpha value is -3.31. The number of benzene rings is 3. The topological polar surface area (TPSA) is 73.6 Å². The predicted octanol–water partition coefficient (Wildman–Crippen LogP) is 3.72. The first-order valence-electron chi connectivity index (χ1n) is 11.1. The first kappa shape index (κ1) is 21.9. The molecule has 0 aliphatic heterocycles. The van der Waals surface area contributed by atoms with E-state index in [0.717, 1.165) is 25.7 Å². The number of nitrogens with one attached hydrogen (secondary N) is 1. The summed E-state index contributed by atoms with van der Waals surface area (Å²) in [5.74, 6) is 1.10. The first-order chi connectivity index (χ1) is 15.7. The summed E-state index contributed by atoms with van der Waals surface area (Å²) < 4.78 is 11.5. The zero-order valence-electron chi connectivity index (χ0n) is 18.5. The minimum absolute atomic E-state index is 0.0928. The number of rotatable bonds is 9. The lowest BCUT2D eigenvalue weighted by Crippen LogP contribution is -2.35. The largest absolute Gasteiger partial charge is 0.493 e. The Morgan fingerprint density at radius 1 is 0.938 bits per heavy atom. The quantitative estimate of drug-likeness (QED) is 0.543. The summed E-state index contributed by atoms with van der Waals surface area (Å²) in [5, 5.41) is 3.16. The van der Waals surface area contributed by atoms with E-state index in [1.165, 1.54) is 22.3 Å². The van der Waals surface area contributed by atoms with Gasteiger partial charge in [-0.05, 0) is 66.3 Å². The highest BCUT2D eigenvalue weighted by Gasteiger charge is 2.23. The molecule has 1 amide bonds. The van der Waals surface area contributed by atoms with Crippen molar-refractivity contribution in [3.63, 3.8) is 0 Å². The molecule has 0 radical (unpaired) electrons. The van der Waals surface area contributed by atoms with Gasteiger partial charge in [-0.1, -0.05) is 48.5 Å². The van der Waals surface area contributed by atoms with E-state index < -0.39 is 0 Å². The summed E-state index contributed by atoms with van der Waals surface area (Å²) in [4.78, 5) is 12.9. The molecule has 4 rings (SSSR count). The fourth-order valence-corrected chi connectivity index (χ4v) is 4.25. The van der Waals surface area contributed by atoms with E-state index in [1.807, 2.05) is 18.2 Å². The Morgan fingerprint density at radius 3 is 2.34 bits per heavy atom. The lowest BCUT2D eigenvalue weighted by Gasteiger charge is -2.15. The second-order valence-corrected chi connectivity index (χ2v) is 8.17. The summed E-state index contributed by atoms with van der Waals surface area (Å²) in [5.41, 5.74) is 11.3. The van der Waals surface area contributed by atoms with E-state index in [-0.39, 0.29) is 11.9 Å². The molecule has 0 bridgehead atoms. The SMILES string of the molecule is COc1ccc(C(=O)NC2Cc3ccccc3C2)cc1OCCc1cccc(CCN)c1. The Labute approximate surface area is 189 Å². The number of methoxy groups -OCH3 is 1. The summed E-state index contributed by atoms with van der Waals surface area (Å²) in [6.45, 7) is 1.13. The van der Waals surface area contributed by atoms with Crippen molar-refractivity contribution in [1.82, 2.24) is 5.32 Å². The summed E-state index contributed by atoms with van der Waals surface area (Å²) in [7, 11) is 1.61. The van der Waals surface area contributed by atoms with Gasteiger partial charge in [0.05, 0.1) is 13.7 Å². The van der Waals surface area contributed by atoms with Crippen molar-refractivity contribution < 1.29 is 14.3 Å². The van der Waals surface area contributed by atoms with Gasteiger partial charge >= 0.3 is 0 Å². The normalized spacial score (nSPS) is 12.9. The van der Waals surface area contributed by atoms with E-state index in [2.05, 4.69) is 35.6 Å². The van der Waals surface area contributed by atoms with Crippen LogP contribution in [0, 0.1) is 0 Å². The number of nitrogens with two attached hydrogens (primary N) is 1. The van der Waals surface area contributed by atoms with Gasteiger partial charge < -0.3 is 20.5 Å². The van der Waals surface area contributed by atoms with Crippen LogP contribution in [-0.4, -0.2) is 32.2 Å². The van der Waals surface area contributed by atoms with Crippen molar-refractivity contribution >= 4 is 5.91 Å². The van der Waals surface area contributed by atoms with Crippen LogP contribution >= 0.6 is 0 Å². The van der Waals surface area contributed by atoms with Gasteiger partial charge in [0.15, 0.2) is 11.5 Å². The molecule has 0 saturated heterocycles. The molecule has 0 heterocycles. The highest BCUT2D eigenvalue weighted by atomic mass is 16.5. The predicted molar refractivity (Wildman–Crippen MR) is 126 cm³/mol. The van der Waals surface area contributed by atoms with E-state index in [9.17, 15) is 4.79 Å². The molecule has 0 saturated carbocycles. The van der Waals surface area contributed by atoms with Crippen LogP contribution in [0.1, 0.15) is 32.6 Å². The summed E-state index contributed by atoms with van der Waals surface area (Å²) in [6, 6.07) is 22.2. The Balaban J connectivity index is 1.38. The maximum atomic E-state index is 12.9. The highest BCUT2D eigenvalue weighted by Crippen LogP contribution is 2.29. The van der Waals surface area contributed by atoms with Gasteiger partial charge in [0.2, 0.25) is 0 Å². The molecule has 3 N–H and O–H groups in total. The molecule has 5 nitrogen and oxygen atoms in total.